The van der Waals surface area contributed by atoms with Crippen molar-refractivity contribution in [1.82, 2.24) is 29.3 Å². The topological polar surface area (TPSA) is 84.6 Å². The number of nitrogens with zero attached hydrogens (tertiary/aromatic N) is 6. The van der Waals surface area contributed by atoms with Gasteiger partial charge in [0.2, 0.25) is 5.82 Å². The number of nitrogens with one attached hydrogen (secondary N) is 1. The molecule has 1 aliphatic rings. The fourth-order valence-corrected chi connectivity index (χ4v) is 3.43. The number of pyridine rings is 1. The van der Waals surface area contributed by atoms with Crippen LogP contribution in [-0.4, -0.2) is 35.8 Å². The van der Waals surface area contributed by atoms with Crippen molar-refractivity contribution in [1.29, 1.82) is 0 Å². The molecule has 0 radical (unpaired) electrons. The number of aryl methyl sites for hydroxylation is 1. The summed E-state index contributed by atoms with van der Waals surface area (Å²) in [7, 11) is 1.60. The van der Waals surface area contributed by atoms with E-state index in [2.05, 4.69) is 20.2 Å². The van der Waals surface area contributed by atoms with Crippen molar-refractivity contribution in [3.05, 3.63) is 34.3 Å². The summed E-state index contributed by atoms with van der Waals surface area (Å²) in [5.74, 6) is -0.213. The molecule has 0 amide bonds. The number of aromatic amines is 1. The Kier molecular flexibility index (Phi) is 3.25. The highest BCUT2D eigenvalue weighted by molar-refractivity contribution is 5.73. The molecule has 4 rings (SSSR count). The smallest absolute Gasteiger partial charge is 0.347 e. The number of hydrogen-bond donors (Lipinski definition) is 1. The Morgan fingerprint density at radius 1 is 1.23 bits per heavy atom. The van der Waals surface area contributed by atoms with Gasteiger partial charge in [-0.05, 0) is 26.0 Å². The van der Waals surface area contributed by atoms with E-state index in [1.807, 2.05) is 4.90 Å². The van der Waals surface area contributed by atoms with Gasteiger partial charge in [0.25, 0.3) is 0 Å². The maximum Gasteiger partial charge on any atom is 0.451 e. The third-order valence-electron chi connectivity index (χ3n) is 4.55. The Morgan fingerprint density at radius 3 is 2.65 bits per heavy atom. The maximum atomic E-state index is 13.2. The van der Waals surface area contributed by atoms with Gasteiger partial charge in [-0.25, -0.2) is 9.78 Å². The van der Waals surface area contributed by atoms with Gasteiger partial charge in [-0.15, -0.1) is 10.2 Å². The molecule has 0 saturated carbocycles. The van der Waals surface area contributed by atoms with Gasteiger partial charge in [-0.3, -0.25) is 9.13 Å². The molecule has 0 fully saturated rings. The number of aromatic nitrogens is 6. The lowest BCUT2D eigenvalue weighted by Gasteiger charge is -2.40. The van der Waals surface area contributed by atoms with Gasteiger partial charge >= 0.3 is 11.9 Å². The van der Waals surface area contributed by atoms with Gasteiger partial charge in [-0.2, -0.15) is 13.2 Å². The largest absolute Gasteiger partial charge is 0.451 e. The number of imidazole rings is 1. The highest BCUT2D eigenvalue weighted by Crippen LogP contribution is 2.36. The summed E-state index contributed by atoms with van der Waals surface area (Å²) in [5, 5.41) is 7.09. The molecule has 0 saturated heterocycles. The Bertz CT molecular complexity index is 1060. The van der Waals surface area contributed by atoms with E-state index in [-0.39, 0.29) is 24.6 Å². The molecule has 0 aliphatic carbocycles. The Hall–Kier alpha value is -2.85. The second-order valence-electron chi connectivity index (χ2n) is 6.97. The SMILES string of the molecule is Cn1c(=O)[nH]c2ccc(N3Cc4nnc(C(F)(F)F)n4C(C)(C)C3)nc21. The van der Waals surface area contributed by atoms with Crippen molar-refractivity contribution >= 4 is 17.0 Å². The summed E-state index contributed by atoms with van der Waals surface area (Å²) in [6, 6.07) is 3.46. The van der Waals surface area contributed by atoms with Gasteiger partial charge in [0.15, 0.2) is 11.5 Å². The van der Waals surface area contributed by atoms with E-state index in [4.69, 9.17) is 0 Å². The fourth-order valence-electron chi connectivity index (χ4n) is 3.43. The van der Waals surface area contributed by atoms with Crippen molar-refractivity contribution in [2.24, 2.45) is 7.05 Å². The normalized spacial score (nSPS) is 16.9. The van der Waals surface area contributed by atoms with Gasteiger partial charge < -0.3 is 9.88 Å². The first kappa shape index (κ1) is 16.6. The number of H-pyrrole nitrogens is 1. The van der Waals surface area contributed by atoms with Crippen LogP contribution in [0, 0.1) is 0 Å². The zero-order valence-electron chi connectivity index (χ0n) is 14.3. The monoisotopic (exact) mass is 367 g/mol. The lowest BCUT2D eigenvalue weighted by Crippen LogP contribution is -2.48. The van der Waals surface area contributed by atoms with Crippen molar-refractivity contribution < 1.29 is 13.2 Å². The minimum absolute atomic E-state index is 0.142. The van der Waals surface area contributed by atoms with Crippen LogP contribution in [0.4, 0.5) is 19.0 Å². The van der Waals surface area contributed by atoms with Crippen LogP contribution in [0.1, 0.15) is 25.5 Å². The van der Waals surface area contributed by atoms with Crippen LogP contribution in [-0.2, 0) is 25.3 Å². The van der Waals surface area contributed by atoms with E-state index < -0.39 is 17.5 Å². The minimum Gasteiger partial charge on any atom is -0.347 e. The van der Waals surface area contributed by atoms with Crippen LogP contribution in [0.3, 0.4) is 0 Å². The van der Waals surface area contributed by atoms with E-state index in [9.17, 15) is 18.0 Å². The lowest BCUT2D eigenvalue weighted by atomic mass is 10.0. The maximum absolute atomic E-state index is 13.2. The molecule has 1 N–H and O–H groups in total. The minimum atomic E-state index is -4.56. The molecule has 0 bridgehead atoms. The molecule has 0 spiro atoms. The first-order chi connectivity index (χ1) is 12.1. The van der Waals surface area contributed by atoms with E-state index >= 15 is 0 Å². The predicted octanol–water partition coefficient (Wildman–Crippen LogP) is 1.63. The molecule has 8 nitrogen and oxygen atoms in total. The summed E-state index contributed by atoms with van der Waals surface area (Å²) in [5.41, 5.74) is -0.0886. The molecule has 0 atom stereocenters. The van der Waals surface area contributed by atoms with Crippen LogP contribution in [0.25, 0.3) is 11.2 Å². The Morgan fingerprint density at radius 2 is 1.96 bits per heavy atom. The summed E-state index contributed by atoms with van der Waals surface area (Å²) in [6.07, 6.45) is -4.56. The summed E-state index contributed by atoms with van der Waals surface area (Å²) in [4.78, 5) is 20.7. The highest BCUT2D eigenvalue weighted by Gasteiger charge is 2.45. The van der Waals surface area contributed by atoms with E-state index in [1.165, 1.54) is 4.57 Å². The van der Waals surface area contributed by atoms with Gasteiger partial charge in [-0.1, -0.05) is 0 Å². The summed E-state index contributed by atoms with van der Waals surface area (Å²) >= 11 is 0. The number of fused-ring (bicyclic) bond motifs is 2. The molecule has 138 valence electrons. The quantitative estimate of drug-likeness (QED) is 0.707. The molecule has 4 heterocycles. The highest BCUT2D eigenvalue weighted by atomic mass is 19.4. The lowest BCUT2D eigenvalue weighted by molar-refractivity contribution is -0.149. The summed E-state index contributed by atoms with van der Waals surface area (Å²) in [6.45, 7) is 3.83. The average Bonchev–Trinajstić information content (AvgIpc) is 3.09. The first-order valence-electron chi connectivity index (χ1n) is 7.90. The first-order valence-corrected chi connectivity index (χ1v) is 7.90. The third-order valence-corrected chi connectivity index (χ3v) is 4.55. The number of hydrogen-bond acceptors (Lipinski definition) is 5. The van der Waals surface area contributed by atoms with Crippen molar-refractivity contribution in [2.75, 3.05) is 11.4 Å². The predicted molar refractivity (Wildman–Crippen MR) is 86.7 cm³/mol. The third kappa shape index (κ3) is 2.37. The molecule has 3 aromatic rings. The Labute approximate surface area is 145 Å². The second-order valence-corrected chi connectivity index (χ2v) is 6.97. The zero-order chi connectivity index (χ0) is 18.9. The Balaban J connectivity index is 1.78. The van der Waals surface area contributed by atoms with Crippen LogP contribution < -0.4 is 10.6 Å². The molecule has 1 aliphatic heterocycles. The summed E-state index contributed by atoms with van der Waals surface area (Å²) < 4.78 is 42.2. The van der Waals surface area contributed by atoms with Gasteiger partial charge in [0, 0.05) is 13.6 Å². The number of rotatable bonds is 1. The molecule has 0 aromatic carbocycles. The zero-order valence-corrected chi connectivity index (χ0v) is 14.3. The van der Waals surface area contributed by atoms with Gasteiger partial charge in [0.1, 0.15) is 5.82 Å². The van der Waals surface area contributed by atoms with Crippen LogP contribution >= 0.6 is 0 Å². The molecule has 3 aromatic heterocycles. The van der Waals surface area contributed by atoms with E-state index in [1.54, 1.807) is 33.0 Å². The van der Waals surface area contributed by atoms with E-state index in [0.29, 0.717) is 17.0 Å². The van der Waals surface area contributed by atoms with E-state index in [0.717, 1.165) is 4.57 Å². The standard InChI is InChI=1S/C15H16F3N7O/c1-14(2)7-24(6-10-21-22-12(25(10)14)15(16,17)18)9-5-4-8-11(20-9)23(3)13(26)19-8/h4-5H,6-7H2,1-3H3,(H,19,26). The van der Waals surface area contributed by atoms with Crippen LogP contribution in [0.2, 0.25) is 0 Å². The van der Waals surface area contributed by atoms with Crippen molar-refractivity contribution in [2.45, 2.75) is 32.1 Å². The van der Waals surface area contributed by atoms with Gasteiger partial charge in [0.05, 0.1) is 17.6 Å². The fraction of sp³-hybridized carbons (Fsp3) is 0.467. The average molecular weight is 367 g/mol. The molecular weight excluding hydrogens is 351 g/mol. The van der Waals surface area contributed by atoms with Crippen molar-refractivity contribution in [3.8, 4) is 0 Å². The molecular formula is C15H16F3N7O. The van der Waals surface area contributed by atoms with Crippen molar-refractivity contribution in [3.63, 3.8) is 0 Å². The van der Waals surface area contributed by atoms with Crippen LogP contribution in [0.5, 0.6) is 0 Å². The second kappa shape index (κ2) is 5.08. The number of alkyl halides is 3. The molecule has 0 unspecified atom stereocenters. The molecule has 26 heavy (non-hydrogen) atoms. The number of halogens is 3. The van der Waals surface area contributed by atoms with Crippen LogP contribution in [0.15, 0.2) is 16.9 Å². The molecule has 11 heteroatoms. The number of anilines is 1.